The Balaban J connectivity index is 2.24. The molecule has 0 aromatic heterocycles. The number of amides is 1. The molecule has 1 heterocycles. The molecule has 1 aliphatic rings. The van der Waals surface area contributed by atoms with Crippen LogP contribution in [0.1, 0.15) is 12.5 Å². The zero-order valence-corrected chi connectivity index (χ0v) is 8.55. The lowest BCUT2D eigenvalue weighted by Gasteiger charge is -2.13. The molecule has 1 aliphatic heterocycles. The smallest absolute Gasteiger partial charge is 0.255 e. The lowest BCUT2D eigenvalue weighted by molar-refractivity contribution is -0.119. The SMILES string of the molecule is CC1C=NN(c2ccc(CN)cc2)C1=O. The van der Waals surface area contributed by atoms with Gasteiger partial charge in [-0.3, -0.25) is 4.79 Å². The molecule has 2 rings (SSSR count). The van der Waals surface area contributed by atoms with Crippen LogP contribution < -0.4 is 10.7 Å². The van der Waals surface area contributed by atoms with Crippen molar-refractivity contribution in [1.82, 2.24) is 0 Å². The fourth-order valence-electron chi connectivity index (χ4n) is 1.45. The lowest BCUT2D eigenvalue weighted by Crippen LogP contribution is -2.24. The van der Waals surface area contributed by atoms with Gasteiger partial charge in [-0.2, -0.15) is 5.10 Å². The van der Waals surface area contributed by atoms with Crippen LogP contribution in [-0.4, -0.2) is 12.1 Å². The third-order valence-electron chi connectivity index (χ3n) is 2.42. The minimum Gasteiger partial charge on any atom is -0.326 e. The van der Waals surface area contributed by atoms with Crippen molar-refractivity contribution in [3.05, 3.63) is 29.8 Å². The van der Waals surface area contributed by atoms with Crippen LogP contribution >= 0.6 is 0 Å². The minimum atomic E-state index is -0.126. The van der Waals surface area contributed by atoms with Crippen molar-refractivity contribution in [1.29, 1.82) is 0 Å². The van der Waals surface area contributed by atoms with Gasteiger partial charge in [0.2, 0.25) is 0 Å². The Morgan fingerprint density at radius 2 is 2.07 bits per heavy atom. The van der Waals surface area contributed by atoms with Gasteiger partial charge in [-0.25, -0.2) is 5.01 Å². The monoisotopic (exact) mass is 203 g/mol. The van der Waals surface area contributed by atoms with E-state index >= 15 is 0 Å². The van der Waals surface area contributed by atoms with Gasteiger partial charge in [0, 0.05) is 12.8 Å². The Labute approximate surface area is 88.4 Å². The van der Waals surface area contributed by atoms with Crippen LogP contribution in [0.25, 0.3) is 0 Å². The predicted molar refractivity (Wildman–Crippen MR) is 59.5 cm³/mol. The van der Waals surface area contributed by atoms with E-state index in [1.165, 1.54) is 5.01 Å². The maximum atomic E-state index is 11.6. The number of hydrogen-bond donors (Lipinski definition) is 1. The Morgan fingerprint density at radius 1 is 1.40 bits per heavy atom. The van der Waals surface area contributed by atoms with Gasteiger partial charge in [0.05, 0.1) is 11.6 Å². The summed E-state index contributed by atoms with van der Waals surface area (Å²) >= 11 is 0. The second-order valence-corrected chi connectivity index (χ2v) is 3.57. The molecule has 78 valence electrons. The minimum absolute atomic E-state index is 0.00972. The first-order valence-corrected chi connectivity index (χ1v) is 4.89. The summed E-state index contributed by atoms with van der Waals surface area (Å²) in [6.07, 6.45) is 1.65. The van der Waals surface area contributed by atoms with Gasteiger partial charge in [-0.05, 0) is 24.6 Å². The highest BCUT2D eigenvalue weighted by molar-refractivity contribution is 6.07. The van der Waals surface area contributed by atoms with E-state index in [0.29, 0.717) is 6.54 Å². The normalized spacial score (nSPS) is 20.0. The Morgan fingerprint density at radius 3 is 2.53 bits per heavy atom. The van der Waals surface area contributed by atoms with Gasteiger partial charge in [0.1, 0.15) is 0 Å². The zero-order chi connectivity index (χ0) is 10.8. The number of anilines is 1. The summed E-state index contributed by atoms with van der Waals surface area (Å²) in [7, 11) is 0. The van der Waals surface area contributed by atoms with Crippen LogP contribution in [0.4, 0.5) is 5.69 Å². The molecule has 0 radical (unpaired) electrons. The summed E-state index contributed by atoms with van der Waals surface area (Å²) in [5.41, 5.74) is 7.33. The van der Waals surface area contributed by atoms with Crippen LogP contribution in [0, 0.1) is 5.92 Å². The maximum Gasteiger partial charge on any atom is 0.255 e. The molecule has 0 spiro atoms. The summed E-state index contributed by atoms with van der Waals surface area (Å²) in [4.78, 5) is 11.6. The number of carbonyl (C=O) groups is 1. The molecule has 0 saturated carbocycles. The number of benzene rings is 1. The second kappa shape index (κ2) is 3.82. The van der Waals surface area contributed by atoms with Gasteiger partial charge in [-0.1, -0.05) is 12.1 Å². The average molecular weight is 203 g/mol. The third-order valence-corrected chi connectivity index (χ3v) is 2.42. The molecule has 1 aromatic carbocycles. The lowest BCUT2D eigenvalue weighted by atomic mass is 10.2. The van der Waals surface area contributed by atoms with Crippen LogP contribution in [0.5, 0.6) is 0 Å². The number of nitrogens with zero attached hydrogens (tertiary/aromatic N) is 2. The average Bonchev–Trinajstić information content (AvgIpc) is 2.60. The number of carbonyl (C=O) groups excluding carboxylic acids is 1. The molecular formula is C11H13N3O. The molecule has 4 nitrogen and oxygen atoms in total. The molecule has 2 N–H and O–H groups in total. The first-order chi connectivity index (χ1) is 7.22. The summed E-state index contributed by atoms with van der Waals surface area (Å²) in [5.74, 6) is -0.116. The molecule has 0 bridgehead atoms. The molecule has 1 atom stereocenters. The van der Waals surface area contributed by atoms with E-state index in [2.05, 4.69) is 5.10 Å². The highest BCUT2D eigenvalue weighted by Crippen LogP contribution is 2.21. The van der Waals surface area contributed by atoms with Crippen LogP contribution in [0.3, 0.4) is 0 Å². The van der Waals surface area contributed by atoms with Gasteiger partial charge in [0.25, 0.3) is 5.91 Å². The Bertz CT molecular complexity index is 397. The second-order valence-electron chi connectivity index (χ2n) is 3.57. The van der Waals surface area contributed by atoms with Crippen molar-refractivity contribution in [3.63, 3.8) is 0 Å². The van der Waals surface area contributed by atoms with Gasteiger partial charge in [0.15, 0.2) is 0 Å². The predicted octanol–water partition coefficient (Wildman–Crippen LogP) is 1.11. The zero-order valence-electron chi connectivity index (χ0n) is 8.55. The van der Waals surface area contributed by atoms with Crippen molar-refractivity contribution < 1.29 is 4.79 Å². The first-order valence-electron chi connectivity index (χ1n) is 4.89. The third kappa shape index (κ3) is 1.76. The van der Waals surface area contributed by atoms with E-state index in [0.717, 1.165) is 11.3 Å². The van der Waals surface area contributed by atoms with Gasteiger partial charge in [-0.15, -0.1) is 0 Å². The van der Waals surface area contributed by atoms with E-state index in [9.17, 15) is 4.79 Å². The molecule has 4 heteroatoms. The van der Waals surface area contributed by atoms with Crippen LogP contribution in [0.15, 0.2) is 29.4 Å². The van der Waals surface area contributed by atoms with E-state index in [1.54, 1.807) is 6.21 Å². The maximum absolute atomic E-state index is 11.6. The van der Waals surface area contributed by atoms with Gasteiger partial charge < -0.3 is 5.73 Å². The Hall–Kier alpha value is -1.68. The number of nitrogens with two attached hydrogens (primary N) is 1. The molecule has 1 amide bonds. The quantitative estimate of drug-likeness (QED) is 0.782. The van der Waals surface area contributed by atoms with Gasteiger partial charge >= 0.3 is 0 Å². The highest BCUT2D eigenvalue weighted by Gasteiger charge is 2.25. The van der Waals surface area contributed by atoms with Crippen LogP contribution in [0.2, 0.25) is 0 Å². The van der Waals surface area contributed by atoms with E-state index < -0.39 is 0 Å². The standard InChI is InChI=1S/C11H13N3O/c1-8-7-13-14(11(8)15)10-4-2-9(6-12)3-5-10/h2-5,7-8H,6,12H2,1H3. The van der Waals surface area contributed by atoms with Crippen molar-refractivity contribution in [2.24, 2.45) is 16.8 Å². The summed E-state index contributed by atoms with van der Waals surface area (Å²) in [5, 5.41) is 5.47. The molecular weight excluding hydrogens is 190 g/mol. The summed E-state index contributed by atoms with van der Waals surface area (Å²) in [6, 6.07) is 7.52. The van der Waals surface area contributed by atoms with Crippen molar-refractivity contribution in [2.75, 3.05) is 5.01 Å². The fourth-order valence-corrected chi connectivity index (χ4v) is 1.45. The molecule has 0 aliphatic carbocycles. The van der Waals surface area contributed by atoms with E-state index in [-0.39, 0.29) is 11.8 Å². The summed E-state index contributed by atoms with van der Waals surface area (Å²) < 4.78 is 0. The topological polar surface area (TPSA) is 58.7 Å². The molecule has 1 aromatic rings. The summed E-state index contributed by atoms with van der Waals surface area (Å²) in [6.45, 7) is 2.34. The molecule has 1 unspecified atom stereocenters. The number of rotatable bonds is 2. The Kier molecular flexibility index (Phi) is 2.51. The largest absolute Gasteiger partial charge is 0.326 e. The molecule has 0 fully saturated rings. The molecule has 0 saturated heterocycles. The highest BCUT2D eigenvalue weighted by atomic mass is 16.2. The van der Waals surface area contributed by atoms with Crippen molar-refractivity contribution in [3.8, 4) is 0 Å². The van der Waals surface area contributed by atoms with Crippen LogP contribution in [-0.2, 0) is 11.3 Å². The van der Waals surface area contributed by atoms with E-state index in [1.807, 2.05) is 31.2 Å². The van der Waals surface area contributed by atoms with Crippen molar-refractivity contribution in [2.45, 2.75) is 13.5 Å². The fraction of sp³-hybridized carbons (Fsp3) is 0.273. The molecule has 15 heavy (non-hydrogen) atoms. The van der Waals surface area contributed by atoms with Crippen molar-refractivity contribution >= 4 is 17.8 Å². The first kappa shape index (κ1) is 9.86. The van der Waals surface area contributed by atoms with E-state index in [4.69, 9.17) is 5.73 Å². The number of hydrazone groups is 1. The number of hydrogen-bond acceptors (Lipinski definition) is 3.